The van der Waals surface area contributed by atoms with Gasteiger partial charge in [-0.1, -0.05) is 23.5 Å². The summed E-state index contributed by atoms with van der Waals surface area (Å²) in [6, 6.07) is 11.2. The minimum atomic E-state index is -0.304. The number of fused-ring (bicyclic) bond motifs is 1. The molecule has 0 bridgehead atoms. The summed E-state index contributed by atoms with van der Waals surface area (Å²) in [7, 11) is 4.62. The first-order valence-corrected chi connectivity index (χ1v) is 9.17. The molecule has 2 N–H and O–H groups in total. The van der Waals surface area contributed by atoms with Crippen LogP contribution in [0.3, 0.4) is 0 Å². The molecule has 0 atom stereocenters. The zero-order chi connectivity index (χ0) is 19.9. The average molecular weight is 400 g/mol. The van der Waals surface area contributed by atoms with Crippen molar-refractivity contribution in [2.24, 2.45) is 5.10 Å². The second-order valence-electron chi connectivity index (χ2n) is 5.58. The summed E-state index contributed by atoms with van der Waals surface area (Å²) in [4.78, 5) is 16.5. The van der Waals surface area contributed by atoms with E-state index in [0.29, 0.717) is 27.9 Å². The van der Waals surface area contributed by atoms with E-state index in [4.69, 9.17) is 14.2 Å². The molecule has 0 aliphatic heterocycles. The fraction of sp³-hybridized carbons (Fsp3) is 0.211. The predicted molar refractivity (Wildman–Crippen MR) is 110 cm³/mol. The van der Waals surface area contributed by atoms with Gasteiger partial charge in [0.1, 0.15) is 17.2 Å². The van der Waals surface area contributed by atoms with Crippen LogP contribution in [0.15, 0.2) is 41.5 Å². The summed E-state index contributed by atoms with van der Waals surface area (Å²) in [6.45, 7) is 0.0496. The van der Waals surface area contributed by atoms with E-state index in [-0.39, 0.29) is 12.5 Å². The van der Waals surface area contributed by atoms with E-state index in [0.717, 1.165) is 10.2 Å². The van der Waals surface area contributed by atoms with Crippen molar-refractivity contribution >= 4 is 38.8 Å². The number of rotatable bonds is 8. The van der Waals surface area contributed by atoms with Crippen molar-refractivity contribution in [3.8, 4) is 17.2 Å². The molecule has 2 aromatic carbocycles. The Hall–Kier alpha value is -3.33. The average Bonchev–Trinajstić information content (AvgIpc) is 3.15. The van der Waals surface area contributed by atoms with E-state index in [2.05, 4.69) is 20.8 Å². The highest BCUT2D eigenvalue weighted by Gasteiger charge is 2.12. The number of methoxy groups -OCH3 is 3. The molecule has 1 amide bonds. The fourth-order valence-corrected chi connectivity index (χ4v) is 3.33. The van der Waals surface area contributed by atoms with Gasteiger partial charge in [-0.2, -0.15) is 5.10 Å². The molecule has 0 aliphatic carbocycles. The Morgan fingerprint density at radius 2 is 1.86 bits per heavy atom. The van der Waals surface area contributed by atoms with E-state index >= 15 is 0 Å². The number of hydrogen-bond acceptors (Lipinski definition) is 8. The lowest BCUT2D eigenvalue weighted by Crippen LogP contribution is -2.25. The lowest BCUT2D eigenvalue weighted by Gasteiger charge is -2.12. The molecular weight excluding hydrogens is 380 g/mol. The number of amides is 1. The van der Waals surface area contributed by atoms with Gasteiger partial charge in [-0.3, -0.25) is 4.79 Å². The highest BCUT2D eigenvalue weighted by molar-refractivity contribution is 7.22. The first-order chi connectivity index (χ1) is 13.6. The van der Waals surface area contributed by atoms with Crippen LogP contribution in [0.25, 0.3) is 10.2 Å². The molecule has 0 aliphatic rings. The van der Waals surface area contributed by atoms with Gasteiger partial charge in [0.05, 0.1) is 49.9 Å². The Morgan fingerprint density at radius 1 is 1.14 bits per heavy atom. The van der Waals surface area contributed by atoms with Crippen LogP contribution < -0.4 is 25.0 Å². The van der Waals surface area contributed by atoms with Crippen molar-refractivity contribution in [2.45, 2.75) is 0 Å². The molecule has 0 unspecified atom stereocenters. The van der Waals surface area contributed by atoms with E-state index in [1.807, 2.05) is 24.3 Å². The summed E-state index contributed by atoms with van der Waals surface area (Å²) < 4.78 is 16.9. The Morgan fingerprint density at radius 3 is 2.50 bits per heavy atom. The normalized spacial score (nSPS) is 10.8. The van der Waals surface area contributed by atoms with Crippen LogP contribution in [-0.2, 0) is 4.79 Å². The molecule has 3 rings (SSSR count). The topological polar surface area (TPSA) is 94.1 Å². The number of nitrogens with zero attached hydrogens (tertiary/aromatic N) is 2. The number of aromatic nitrogens is 1. The smallest absolute Gasteiger partial charge is 0.259 e. The van der Waals surface area contributed by atoms with Crippen LogP contribution in [0.2, 0.25) is 0 Å². The van der Waals surface area contributed by atoms with Crippen molar-refractivity contribution in [1.82, 2.24) is 10.4 Å². The maximum Gasteiger partial charge on any atom is 0.259 e. The Kier molecular flexibility index (Phi) is 6.28. The predicted octanol–water partition coefficient (Wildman–Crippen LogP) is 2.88. The first-order valence-electron chi connectivity index (χ1n) is 8.36. The molecule has 8 nitrogen and oxygen atoms in total. The summed E-state index contributed by atoms with van der Waals surface area (Å²) in [5.41, 5.74) is 3.95. The summed E-state index contributed by atoms with van der Waals surface area (Å²) in [6.07, 6.45) is 1.46. The van der Waals surface area contributed by atoms with Gasteiger partial charge in [0.15, 0.2) is 5.13 Å². The van der Waals surface area contributed by atoms with E-state index < -0.39 is 0 Å². The number of carbonyl (C=O) groups is 1. The van der Waals surface area contributed by atoms with Crippen molar-refractivity contribution in [2.75, 3.05) is 33.2 Å². The zero-order valence-electron chi connectivity index (χ0n) is 15.7. The molecule has 28 heavy (non-hydrogen) atoms. The van der Waals surface area contributed by atoms with E-state index in [1.165, 1.54) is 31.8 Å². The van der Waals surface area contributed by atoms with E-state index in [1.54, 1.807) is 19.2 Å². The van der Waals surface area contributed by atoms with Crippen LogP contribution in [0.4, 0.5) is 5.13 Å². The number of ether oxygens (including phenoxy) is 3. The second-order valence-corrected chi connectivity index (χ2v) is 6.61. The lowest BCUT2D eigenvalue weighted by molar-refractivity contribution is -0.119. The minimum absolute atomic E-state index is 0.0496. The van der Waals surface area contributed by atoms with Crippen molar-refractivity contribution < 1.29 is 19.0 Å². The van der Waals surface area contributed by atoms with Crippen LogP contribution in [0, 0.1) is 0 Å². The molecule has 0 spiro atoms. The molecular formula is C19H20N4O4S. The molecule has 1 heterocycles. The molecule has 1 aromatic heterocycles. The maximum atomic E-state index is 12.0. The monoisotopic (exact) mass is 400 g/mol. The van der Waals surface area contributed by atoms with Crippen LogP contribution in [0.1, 0.15) is 5.56 Å². The highest BCUT2D eigenvalue weighted by atomic mass is 32.1. The van der Waals surface area contributed by atoms with E-state index in [9.17, 15) is 4.79 Å². The van der Waals surface area contributed by atoms with Crippen molar-refractivity contribution in [3.05, 3.63) is 42.0 Å². The number of anilines is 1. The lowest BCUT2D eigenvalue weighted by atomic mass is 10.2. The van der Waals surface area contributed by atoms with Gasteiger partial charge >= 0.3 is 0 Å². The van der Waals surface area contributed by atoms with Crippen LogP contribution >= 0.6 is 11.3 Å². The molecule has 3 aromatic rings. The first kappa shape index (κ1) is 19.4. The number of nitrogens with one attached hydrogen (secondary N) is 2. The maximum absolute atomic E-state index is 12.0. The second kappa shape index (κ2) is 9.05. The van der Waals surface area contributed by atoms with Crippen LogP contribution in [0.5, 0.6) is 17.2 Å². The summed E-state index contributed by atoms with van der Waals surface area (Å²) in [5, 5.41) is 7.66. The molecule has 0 saturated carbocycles. The standard InChI is InChI=1S/C19H20N4O4S/c1-25-12-8-15(26-2)13(16(9-12)27-3)10-21-23-18(24)11-20-19-22-14-6-4-5-7-17(14)28-19/h4-10H,11H2,1-3H3,(H,20,22)(H,23,24)/b21-10-. The van der Waals surface area contributed by atoms with Crippen molar-refractivity contribution in [3.63, 3.8) is 0 Å². The Bertz CT molecular complexity index is 945. The van der Waals surface area contributed by atoms with Gasteiger partial charge in [0.2, 0.25) is 0 Å². The summed E-state index contributed by atoms with van der Waals surface area (Å²) in [5.74, 6) is 1.32. The molecule has 9 heteroatoms. The molecule has 146 valence electrons. The fourth-order valence-electron chi connectivity index (χ4n) is 2.47. The number of benzene rings is 2. The Labute approximate surface area is 166 Å². The number of para-hydroxylation sites is 1. The highest BCUT2D eigenvalue weighted by Crippen LogP contribution is 2.32. The van der Waals surface area contributed by atoms with Gasteiger partial charge in [0.25, 0.3) is 5.91 Å². The Balaban J connectivity index is 1.61. The number of hydrogen-bond donors (Lipinski definition) is 2. The van der Waals surface area contributed by atoms with Gasteiger partial charge in [-0.15, -0.1) is 0 Å². The van der Waals surface area contributed by atoms with Gasteiger partial charge in [0, 0.05) is 12.1 Å². The third kappa shape index (κ3) is 4.49. The molecule has 0 fully saturated rings. The molecule has 0 saturated heterocycles. The largest absolute Gasteiger partial charge is 0.496 e. The third-order valence-electron chi connectivity index (χ3n) is 3.83. The number of hydrazone groups is 1. The van der Waals surface area contributed by atoms with Gasteiger partial charge in [-0.05, 0) is 12.1 Å². The summed E-state index contributed by atoms with van der Waals surface area (Å²) >= 11 is 1.49. The van der Waals surface area contributed by atoms with Crippen molar-refractivity contribution in [1.29, 1.82) is 0 Å². The quantitative estimate of drug-likeness (QED) is 0.446. The zero-order valence-corrected chi connectivity index (χ0v) is 16.5. The molecule has 0 radical (unpaired) electrons. The van der Waals surface area contributed by atoms with Gasteiger partial charge < -0.3 is 19.5 Å². The van der Waals surface area contributed by atoms with Gasteiger partial charge in [-0.25, -0.2) is 10.4 Å². The minimum Gasteiger partial charge on any atom is -0.496 e. The SMILES string of the molecule is COc1cc(OC)c(/C=N\NC(=O)CNc2nc3ccccc3s2)c(OC)c1. The third-order valence-corrected chi connectivity index (χ3v) is 4.82. The van der Waals surface area contributed by atoms with Crippen LogP contribution in [-0.4, -0.2) is 45.0 Å². The number of thiazole rings is 1. The number of carbonyl (C=O) groups excluding carboxylic acids is 1.